The van der Waals surface area contributed by atoms with E-state index in [0.29, 0.717) is 32.1 Å². The third-order valence-corrected chi connectivity index (χ3v) is 8.14. The van der Waals surface area contributed by atoms with Gasteiger partial charge in [-0.05, 0) is 12.5 Å². The highest BCUT2D eigenvalue weighted by Gasteiger charge is 2.41. The van der Waals surface area contributed by atoms with Crippen LogP contribution in [0.15, 0.2) is 52.2 Å². The molecule has 1 aliphatic rings. The average molecular weight is 544 g/mol. The molecule has 0 radical (unpaired) electrons. The number of amides is 1. The summed E-state index contributed by atoms with van der Waals surface area (Å²) in [5.41, 5.74) is 1.44. The maximum atomic E-state index is 15.2. The standard InChI is InChI=1S/C22H20ClF2N3O5S2/c1-22(7-8-27(12-22)10-14-5-3-2-4-6-14)33-16-9-15(24)20(19(25)18(16)23)35(31,32)28(21(29)30)17-11-34-13-26-17/h2-6,9,11,13H,7-8,10,12H2,1H3,(H,29,30)/t22-/m0/s1. The molecule has 0 bridgehead atoms. The Morgan fingerprint density at radius 2 is 2.06 bits per heavy atom. The molecule has 3 aromatic rings. The zero-order valence-electron chi connectivity index (χ0n) is 18.3. The Kier molecular flexibility index (Phi) is 7.00. The predicted octanol–water partition coefficient (Wildman–Crippen LogP) is 4.99. The van der Waals surface area contributed by atoms with Crippen LogP contribution in [-0.4, -0.2) is 48.2 Å². The summed E-state index contributed by atoms with van der Waals surface area (Å²) < 4.78 is 61.7. The van der Waals surface area contributed by atoms with E-state index in [1.807, 2.05) is 30.3 Å². The second kappa shape index (κ2) is 9.69. The van der Waals surface area contributed by atoms with Gasteiger partial charge in [-0.15, -0.1) is 15.6 Å². The molecule has 1 N–H and O–H groups in total. The fourth-order valence-electron chi connectivity index (χ4n) is 3.94. The summed E-state index contributed by atoms with van der Waals surface area (Å²) in [5, 5.41) is 9.75. The lowest BCUT2D eigenvalue weighted by Crippen LogP contribution is -2.37. The third kappa shape index (κ3) is 5.10. The molecule has 1 aliphatic heterocycles. The predicted molar refractivity (Wildman–Crippen MR) is 127 cm³/mol. The molecule has 4 rings (SSSR count). The van der Waals surface area contributed by atoms with Gasteiger partial charge in [-0.2, -0.15) is 0 Å². The van der Waals surface area contributed by atoms with Crippen LogP contribution < -0.4 is 9.04 Å². The topological polar surface area (TPSA) is 100 Å². The highest BCUT2D eigenvalue weighted by atomic mass is 35.5. The molecule has 35 heavy (non-hydrogen) atoms. The molecule has 0 unspecified atom stereocenters. The van der Waals surface area contributed by atoms with Gasteiger partial charge < -0.3 is 9.84 Å². The third-order valence-electron chi connectivity index (χ3n) is 5.50. The second-order valence-corrected chi connectivity index (χ2v) is 11.0. The van der Waals surface area contributed by atoms with Crippen LogP contribution in [0.4, 0.5) is 19.4 Å². The Labute approximate surface area is 209 Å². The highest BCUT2D eigenvalue weighted by molar-refractivity contribution is 7.93. The minimum Gasteiger partial charge on any atom is -0.484 e. The van der Waals surface area contributed by atoms with Gasteiger partial charge >= 0.3 is 6.09 Å². The van der Waals surface area contributed by atoms with Crippen molar-refractivity contribution in [1.29, 1.82) is 0 Å². The highest BCUT2D eigenvalue weighted by Crippen LogP contribution is 2.39. The molecular formula is C22H20ClF2N3O5S2. The van der Waals surface area contributed by atoms with Crippen LogP contribution in [0.3, 0.4) is 0 Å². The largest absolute Gasteiger partial charge is 0.484 e. The van der Waals surface area contributed by atoms with E-state index in [1.165, 1.54) is 5.51 Å². The van der Waals surface area contributed by atoms with Crippen molar-refractivity contribution in [2.75, 3.05) is 17.4 Å². The lowest BCUT2D eigenvalue weighted by atomic mass is 10.1. The Morgan fingerprint density at radius 3 is 2.69 bits per heavy atom. The van der Waals surface area contributed by atoms with Crippen LogP contribution >= 0.6 is 22.9 Å². The maximum absolute atomic E-state index is 15.2. The first-order valence-corrected chi connectivity index (χ1v) is 13.1. The summed E-state index contributed by atoms with van der Waals surface area (Å²) in [6, 6.07) is 10.4. The molecule has 0 saturated carbocycles. The summed E-state index contributed by atoms with van der Waals surface area (Å²) in [6.45, 7) is 3.54. The lowest BCUT2D eigenvalue weighted by Gasteiger charge is -2.27. The van der Waals surface area contributed by atoms with Gasteiger partial charge in [0.05, 0.1) is 5.51 Å². The van der Waals surface area contributed by atoms with Gasteiger partial charge in [0, 0.05) is 37.5 Å². The average Bonchev–Trinajstić information content (AvgIpc) is 3.42. The molecule has 1 atom stereocenters. The molecule has 186 valence electrons. The van der Waals surface area contributed by atoms with E-state index >= 15 is 8.78 Å². The number of anilines is 1. The molecule has 8 nitrogen and oxygen atoms in total. The summed E-state index contributed by atoms with van der Waals surface area (Å²) >= 11 is 6.98. The number of ether oxygens (including phenoxy) is 1. The molecule has 1 amide bonds. The van der Waals surface area contributed by atoms with E-state index in [9.17, 15) is 18.3 Å². The zero-order chi connectivity index (χ0) is 25.4. The molecular weight excluding hydrogens is 524 g/mol. The van der Waals surface area contributed by atoms with Crippen LogP contribution in [0.1, 0.15) is 18.9 Å². The van der Waals surface area contributed by atoms with Gasteiger partial charge in [0.25, 0.3) is 10.0 Å². The van der Waals surface area contributed by atoms with E-state index in [1.54, 1.807) is 6.92 Å². The monoisotopic (exact) mass is 543 g/mol. The number of halogens is 3. The lowest BCUT2D eigenvalue weighted by molar-refractivity contribution is 0.0941. The quantitative estimate of drug-likeness (QED) is 0.419. The van der Waals surface area contributed by atoms with E-state index in [0.717, 1.165) is 22.3 Å². The fraction of sp³-hybridized carbons (Fsp3) is 0.273. The van der Waals surface area contributed by atoms with Crippen molar-refractivity contribution in [3.63, 3.8) is 0 Å². The first-order valence-electron chi connectivity index (χ1n) is 10.3. The van der Waals surface area contributed by atoms with Crippen molar-refractivity contribution in [3.05, 3.63) is 69.5 Å². The van der Waals surface area contributed by atoms with Gasteiger partial charge in [-0.1, -0.05) is 41.9 Å². The molecule has 1 saturated heterocycles. The van der Waals surface area contributed by atoms with Crippen molar-refractivity contribution in [1.82, 2.24) is 9.88 Å². The van der Waals surface area contributed by atoms with Crippen molar-refractivity contribution in [3.8, 4) is 5.75 Å². The molecule has 13 heteroatoms. The molecule has 1 fully saturated rings. The molecule has 2 aromatic carbocycles. The smallest absolute Gasteiger partial charge is 0.427 e. The van der Waals surface area contributed by atoms with Gasteiger partial charge in [0.2, 0.25) is 0 Å². The summed E-state index contributed by atoms with van der Waals surface area (Å²) in [7, 11) is -5.23. The number of hydrogen-bond acceptors (Lipinski definition) is 7. The maximum Gasteiger partial charge on any atom is 0.427 e. The Bertz CT molecular complexity index is 1340. The number of aromatic nitrogens is 1. The van der Waals surface area contributed by atoms with Crippen molar-refractivity contribution in [2.24, 2.45) is 0 Å². The number of rotatable bonds is 7. The fourth-order valence-corrected chi connectivity index (χ4v) is 6.14. The molecule has 0 aliphatic carbocycles. The van der Waals surface area contributed by atoms with Gasteiger partial charge in [-0.3, -0.25) is 4.90 Å². The van der Waals surface area contributed by atoms with E-state index in [4.69, 9.17) is 16.3 Å². The van der Waals surface area contributed by atoms with Gasteiger partial charge in [-0.25, -0.2) is 27.0 Å². The number of sulfonamides is 1. The zero-order valence-corrected chi connectivity index (χ0v) is 20.7. The Hall–Kier alpha value is -2.80. The van der Waals surface area contributed by atoms with Crippen LogP contribution in [0, 0.1) is 11.6 Å². The number of thiazole rings is 1. The van der Waals surface area contributed by atoms with Crippen LogP contribution in [0.5, 0.6) is 5.75 Å². The minimum atomic E-state index is -5.23. The number of hydrogen-bond donors (Lipinski definition) is 1. The van der Waals surface area contributed by atoms with E-state index < -0.39 is 49.1 Å². The van der Waals surface area contributed by atoms with Crippen molar-refractivity contribution < 1.29 is 31.8 Å². The van der Waals surface area contributed by atoms with Crippen molar-refractivity contribution in [2.45, 2.75) is 30.4 Å². The van der Waals surface area contributed by atoms with Crippen LogP contribution in [0.2, 0.25) is 5.02 Å². The molecule has 2 heterocycles. The second-order valence-electron chi connectivity index (χ2n) is 8.21. The number of nitrogens with zero attached hydrogens (tertiary/aromatic N) is 3. The van der Waals surface area contributed by atoms with Crippen LogP contribution in [-0.2, 0) is 16.6 Å². The van der Waals surface area contributed by atoms with Gasteiger partial charge in [0.15, 0.2) is 22.3 Å². The Balaban J connectivity index is 1.61. The summed E-state index contributed by atoms with van der Waals surface area (Å²) in [4.78, 5) is 15.9. The molecule has 1 aromatic heterocycles. The first kappa shape index (κ1) is 25.3. The van der Waals surface area contributed by atoms with E-state index in [-0.39, 0.29) is 10.1 Å². The van der Waals surface area contributed by atoms with Crippen molar-refractivity contribution >= 4 is 44.9 Å². The number of likely N-dealkylation sites (tertiary alicyclic amines) is 1. The molecule has 0 spiro atoms. The number of carbonyl (C=O) groups is 1. The number of carboxylic acid groups (broad SMARTS) is 1. The van der Waals surface area contributed by atoms with Gasteiger partial charge in [0.1, 0.15) is 16.4 Å². The van der Waals surface area contributed by atoms with E-state index in [2.05, 4.69) is 9.88 Å². The first-order chi connectivity index (χ1) is 16.5. The normalized spacial score (nSPS) is 18.5. The van der Waals surface area contributed by atoms with Crippen LogP contribution in [0.25, 0.3) is 0 Å². The summed E-state index contributed by atoms with van der Waals surface area (Å²) in [6.07, 6.45) is -1.45. The SMILES string of the molecule is C[C@]1(Oc2cc(F)c(S(=O)(=O)N(C(=O)O)c3cscn3)c(F)c2Cl)CCN(Cc2ccccc2)C1. The minimum absolute atomic E-state index is 0.207. The Morgan fingerprint density at radius 1 is 1.34 bits per heavy atom. The summed E-state index contributed by atoms with van der Waals surface area (Å²) in [5.74, 6) is -4.08. The number of benzene rings is 2.